The van der Waals surface area contributed by atoms with Gasteiger partial charge in [0.2, 0.25) is 0 Å². The molecule has 0 aromatic heterocycles. The second-order valence-corrected chi connectivity index (χ2v) is 3.84. The Bertz CT molecular complexity index is 465. The van der Waals surface area contributed by atoms with Crippen molar-refractivity contribution >= 4 is 5.57 Å². The van der Waals surface area contributed by atoms with Gasteiger partial charge in [0.15, 0.2) is 0 Å². The molecule has 16 heavy (non-hydrogen) atoms. The lowest BCUT2D eigenvalue weighted by molar-refractivity contribution is -0.552. The van der Waals surface area contributed by atoms with Gasteiger partial charge in [-0.15, -0.1) is 0 Å². The summed E-state index contributed by atoms with van der Waals surface area (Å²) in [5, 5.41) is 10.9. The van der Waals surface area contributed by atoms with Crippen LogP contribution in [0.5, 0.6) is 0 Å². The van der Waals surface area contributed by atoms with Gasteiger partial charge in [0.1, 0.15) is 0 Å². The zero-order valence-corrected chi connectivity index (χ0v) is 8.67. The van der Waals surface area contributed by atoms with Gasteiger partial charge >= 0.3 is 0 Å². The van der Waals surface area contributed by atoms with Crippen molar-refractivity contribution in [2.75, 3.05) is 0 Å². The monoisotopic (exact) mass is 216 g/mol. The maximum Gasteiger partial charge on any atom is 0.295 e. The zero-order chi connectivity index (χ0) is 11.6. The Balaban J connectivity index is 2.31. The molecule has 0 spiro atoms. The van der Waals surface area contributed by atoms with E-state index in [0.29, 0.717) is 0 Å². The van der Waals surface area contributed by atoms with E-state index in [-0.39, 0.29) is 6.42 Å². The lowest BCUT2D eigenvalue weighted by Gasteiger charge is -2.21. The van der Waals surface area contributed by atoms with Crippen molar-refractivity contribution in [3.63, 3.8) is 0 Å². The van der Waals surface area contributed by atoms with E-state index in [0.717, 1.165) is 11.1 Å². The second-order valence-electron chi connectivity index (χ2n) is 3.84. The second kappa shape index (κ2) is 3.90. The highest BCUT2D eigenvalue weighted by atomic mass is 16.6. The minimum atomic E-state index is -1.47. The Kier molecular flexibility index (Phi) is 2.58. The first-order valence-corrected chi connectivity index (χ1v) is 4.99. The van der Waals surface area contributed by atoms with E-state index < -0.39 is 10.6 Å². The molecule has 4 heteroatoms. The number of nitrogens with zero attached hydrogens (tertiary/aromatic N) is 1. The summed E-state index contributed by atoms with van der Waals surface area (Å²) in [6, 6.07) is 9.56. The highest BCUT2D eigenvalue weighted by Crippen LogP contribution is 2.28. The average Bonchev–Trinajstić information content (AvgIpc) is 2.30. The van der Waals surface area contributed by atoms with Gasteiger partial charge in [-0.1, -0.05) is 42.5 Å². The van der Waals surface area contributed by atoms with Gasteiger partial charge in [0.25, 0.3) is 5.66 Å². The smallest absolute Gasteiger partial charge is 0.262 e. The van der Waals surface area contributed by atoms with Crippen LogP contribution in [0, 0.1) is 10.1 Å². The highest BCUT2D eigenvalue weighted by molar-refractivity contribution is 5.69. The molecule has 1 aromatic carbocycles. The topological polar surface area (TPSA) is 69.2 Å². The van der Waals surface area contributed by atoms with Gasteiger partial charge in [-0.2, -0.15) is 0 Å². The summed E-state index contributed by atoms with van der Waals surface area (Å²) in [4.78, 5) is 10.4. The van der Waals surface area contributed by atoms with Crippen LogP contribution in [-0.2, 0) is 0 Å². The summed E-state index contributed by atoms with van der Waals surface area (Å²) in [7, 11) is 0. The van der Waals surface area contributed by atoms with Crippen LogP contribution in [0.4, 0.5) is 0 Å². The molecule has 0 amide bonds. The fourth-order valence-corrected chi connectivity index (χ4v) is 1.73. The molecular formula is C12H12N2O2. The van der Waals surface area contributed by atoms with Crippen LogP contribution < -0.4 is 5.73 Å². The molecule has 0 bridgehead atoms. The molecule has 2 N–H and O–H groups in total. The summed E-state index contributed by atoms with van der Waals surface area (Å²) in [6.07, 6.45) is 5.17. The fraction of sp³-hybridized carbons (Fsp3) is 0.167. The maximum absolute atomic E-state index is 10.9. The van der Waals surface area contributed by atoms with E-state index in [9.17, 15) is 10.1 Å². The Morgan fingerprint density at radius 2 is 2.00 bits per heavy atom. The number of benzene rings is 1. The van der Waals surface area contributed by atoms with Crippen LogP contribution in [0.2, 0.25) is 0 Å². The molecule has 0 radical (unpaired) electrons. The van der Waals surface area contributed by atoms with E-state index >= 15 is 0 Å². The Morgan fingerprint density at radius 1 is 1.31 bits per heavy atom. The first-order valence-electron chi connectivity index (χ1n) is 4.99. The normalized spacial score (nSPS) is 23.9. The number of nitro groups is 1. The molecule has 0 saturated heterocycles. The minimum absolute atomic E-state index is 0.223. The van der Waals surface area contributed by atoms with Crippen molar-refractivity contribution in [2.24, 2.45) is 5.73 Å². The number of hydrogen-bond donors (Lipinski definition) is 1. The van der Waals surface area contributed by atoms with Crippen molar-refractivity contribution in [3.8, 4) is 0 Å². The van der Waals surface area contributed by atoms with Crippen molar-refractivity contribution < 1.29 is 4.92 Å². The molecule has 4 nitrogen and oxygen atoms in total. The van der Waals surface area contributed by atoms with Crippen LogP contribution in [0.15, 0.2) is 48.6 Å². The lowest BCUT2D eigenvalue weighted by atomic mass is 9.91. The van der Waals surface area contributed by atoms with Crippen LogP contribution >= 0.6 is 0 Å². The molecule has 0 fully saturated rings. The molecule has 0 aliphatic heterocycles. The Labute approximate surface area is 93.2 Å². The first kappa shape index (κ1) is 10.6. The number of rotatable bonds is 2. The van der Waals surface area contributed by atoms with Gasteiger partial charge in [-0.3, -0.25) is 15.8 Å². The van der Waals surface area contributed by atoms with Crippen molar-refractivity contribution in [2.45, 2.75) is 12.1 Å². The van der Waals surface area contributed by atoms with Crippen molar-refractivity contribution in [1.82, 2.24) is 0 Å². The van der Waals surface area contributed by atoms with E-state index in [1.807, 2.05) is 36.4 Å². The third-order valence-electron chi connectivity index (χ3n) is 2.64. The largest absolute Gasteiger partial charge is 0.295 e. The molecular weight excluding hydrogens is 204 g/mol. The van der Waals surface area contributed by atoms with Gasteiger partial charge in [0.05, 0.1) is 6.42 Å². The minimum Gasteiger partial charge on any atom is -0.262 e. The molecule has 1 aliphatic carbocycles. The van der Waals surface area contributed by atoms with E-state index in [1.54, 1.807) is 6.08 Å². The predicted molar refractivity (Wildman–Crippen MR) is 62.1 cm³/mol. The highest BCUT2D eigenvalue weighted by Gasteiger charge is 2.37. The average molecular weight is 216 g/mol. The quantitative estimate of drug-likeness (QED) is 0.466. The fourth-order valence-electron chi connectivity index (χ4n) is 1.73. The molecule has 0 saturated carbocycles. The summed E-state index contributed by atoms with van der Waals surface area (Å²) in [5.74, 6) is 0. The van der Waals surface area contributed by atoms with E-state index in [4.69, 9.17) is 5.73 Å². The predicted octanol–water partition coefficient (Wildman–Crippen LogP) is 1.96. The lowest BCUT2D eigenvalue weighted by Crippen LogP contribution is -2.46. The van der Waals surface area contributed by atoms with Gasteiger partial charge < -0.3 is 0 Å². The van der Waals surface area contributed by atoms with Crippen molar-refractivity contribution in [1.29, 1.82) is 0 Å². The van der Waals surface area contributed by atoms with Gasteiger partial charge in [0, 0.05) is 11.0 Å². The van der Waals surface area contributed by atoms with Gasteiger partial charge in [-0.25, -0.2) is 0 Å². The summed E-state index contributed by atoms with van der Waals surface area (Å²) in [5.41, 5.74) is 6.10. The molecule has 0 heterocycles. The SMILES string of the molecule is NC1([N+](=O)[O-])C=CC=C(c2ccccc2)C1. The van der Waals surface area contributed by atoms with Crippen molar-refractivity contribution in [3.05, 3.63) is 64.2 Å². The van der Waals surface area contributed by atoms with Crippen LogP contribution in [-0.4, -0.2) is 10.6 Å². The van der Waals surface area contributed by atoms with Gasteiger partial charge in [-0.05, 0) is 11.1 Å². The standard InChI is InChI=1S/C12H12N2O2/c13-12(14(15)16)8-4-7-11(9-12)10-5-2-1-3-6-10/h1-8H,9,13H2. The molecule has 1 unspecified atom stereocenters. The number of hydrogen-bond acceptors (Lipinski definition) is 3. The molecule has 82 valence electrons. The Morgan fingerprint density at radius 3 is 2.62 bits per heavy atom. The van der Waals surface area contributed by atoms with E-state index in [1.165, 1.54) is 6.08 Å². The third-order valence-corrected chi connectivity index (χ3v) is 2.64. The number of nitrogens with two attached hydrogens (primary N) is 1. The summed E-state index contributed by atoms with van der Waals surface area (Å²) in [6.45, 7) is 0. The molecule has 2 rings (SSSR count). The summed E-state index contributed by atoms with van der Waals surface area (Å²) < 4.78 is 0. The molecule has 1 atom stereocenters. The maximum atomic E-state index is 10.9. The van der Waals surface area contributed by atoms with Crippen LogP contribution in [0.25, 0.3) is 5.57 Å². The number of allylic oxidation sites excluding steroid dienone is 2. The van der Waals surface area contributed by atoms with Crippen LogP contribution in [0.1, 0.15) is 12.0 Å². The summed E-state index contributed by atoms with van der Waals surface area (Å²) >= 11 is 0. The van der Waals surface area contributed by atoms with E-state index in [2.05, 4.69) is 0 Å². The molecule has 1 aliphatic rings. The third kappa shape index (κ3) is 1.87. The van der Waals surface area contributed by atoms with Crippen LogP contribution in [0.3, 0.4) is 0 Å². The Hall–Kier alpha value is -1.94. The zero-order valence-electron chi connectivity index (χ0n) is 8.67. The first-order chi connectivity index (χ1) is 7.62. The molecule has 1 aromatic rings.